The maximum absolute atomic E-state index is 12.4. The van der Waals surface area contributed by atoms with Crippen LogP contribution in [-0.2, 0) is 9.53 Å². The molecular formula is C20H28O3. The summed E-state index contributed by atoms with van der Waals surface area (Å²) in [6, 6.07) is 0. The number of aliphatic hydroxyl groups is 1. The highest BCUT2D eigenvalue weighted by atomic mass is 16.5. The van der Waals surface area contributed by atoms with Gasteiger partial charge in [-0.15, -0.1) is 0 Å². The minimum Gasteiger partial charge on any atom is -0.501 e. The molecule has 0 unspecified atom stereocenters. The summed E-state index contributed by atoms with van der Waals surface area (Å²) in [5, 5.41) is 11.0. The van der Waals surface area contributed by atoms with Gasteiger partial charge in [-0.2, -0.15) is 0 Å². The summed E-state index contributed by atoms with van der Waals surface area (Å²) in [5.41, 5.74) is 1.08. The summed E-state index contributed by atoms with van der Waals surface area (Å²) in [7, 11) is 1.74. The van der Waals surface area contributed by atoms with E-state index in [2.05, 4.69) is 26.0 Å². The topological polar surface area (TPSA) is 46.5 Å². The minimum atomic E-state index is -0.366. The van der Waals surface area contributed by atoms with Crippen molar-refractivity contribution in [2.24, 2.45) is 28.6 Å². The third kappa shape index (κ3) is 1.95. The maximum atomic E-state index is 12.4. The molecule has 2 saturated carbocycles. The smallest absolute Gasteiger partial charge is 0.139 e. The lowest BCUT2D eigenvalue weighted by molar-refractivity contribution is -0.143. The Morgan fingerprint density at radius 3 is 2.78 bits per heavy atom. The van der Waals surface area contributed by atoms with Gasteiger partial charge in [0.25, 0.3) is 0 Å². The normalized spacial score (nSPS) is 48.8. The van der Waals surface area contributed by atoms with Gasteiger partial charge >= 0.3 is 0 Å². The number of allylic oxidation sites excluding steroid dienone is 4. The van der Waals surface area contributed by atoms with E-state index in [0.717, 1.165) is 31.4 Å². The lowest BCUT2D eigenvalue weighted by Gasteiger charge is -2.57. The van der Waals surface area contributed by atoms with E-state index in [9.17, 15) is 9.90 Å². The highest BCUT2D eigenvalue weighted by Gasteiger charge is 2.61. The fourth-order valence-corrected chi connectivity index (χ4v) is 6.37. The molecule has 4 aliphatic rings. The Morgan fingerprint density at radius 2 is 2.04 bits per heavy atom. The van der Waals surface area contributed by atoms with Crippen molar-refractivity contribution in [1.29, 1.82) is 0 Å². The molecule has 0 saturated heterocycles. The molecule has 4 rings (SSSR count). The first-order valence-corrected chi connectivity index (χ1v) is 9.07. The third-order valence-corrected chi connectivity index (χ3v) is 7.64. The summed E-state index contributed by atoms with van der Waals surface area (Å²) in [5.74, 6) is 2.61. The van der Waals surface area contributed by atoms with Gasteiger partial charge in [-0.1, -0.05) is 19.9 Å². The highest BCUT2D eigenvalue weighted by Crippen LogP contribution is 2.63. The Kier molecular flexibility index (Phi) is 3.32. The van der Waals surface area contributed by atoms with Gasteiger partial charge in [0, 0.05) is 18.3 Å². The second-order valence-corrected chi connectivity index (χ2v) is 8.57. The van der Waals surface area contributed by atoms with Crippen molar-refractivity contribution < 1.29 is 14.6 Å². The van der Waals surface area contributed by atoms with E-state index in [1.54, 1.807) is 7.11 Å². The van der Waals surface area contributed by atoms with Crippen LogP contribution in [0.5, 0.6) is 0 Å². The quantitative estimate of drug-likeness (QED) is 0.803. The largest absolute Gasteiger partial charge is 0.501 e. The Hall–Kier alpha value is -1.09. The van der Waals surface area contributed by atoms with Crippen molar-refractivity contribution >= 4 is 5.78 Å². The van der Waals surface area contributed by atoms with Crippen LogP contribution in [0.25, 0.3) is 0 Å². The second-order valence-electron chi connectivity index (χ2n) is 8.57. The highest BCUT2D eigenvalue weighted by molar-refractivity contribution is 5.87. The number of hydrogen-bond donors (Lipinski definition) is 1. The average Bonchev–Trinajstić information content (AvgIpc) is 2.81. The number of ether oxygens (including phenoxy) is 1. The summed E-state index contributed by atoms with van der Waals surface area (Å²) in [6.07, 6.45) is 9.54. The minimum absolute atomic E-state index is 0.0251. The zero-order valence-corrected chi connectivity index (χ0v) is 14.5. The van der Waals surface area contributed by atoms with Crippen LogP contribution in [-0.4, -0.2) is 24.1 Å². The van der Waals surface area contributed by atoms with Crippen molar-refractivity contribution in [1.82, 2.24) is 0 Å². The number of carbonyl (C=O) groups is 1. The van der Waals surface area contributed by atoms with Gasteiger partial charge in [-0.25, -0.2) is 0 Å². The Balaban J connectivity index is 1.75. The molecule has 4 aliphatic carbocycles. The van der Waals surface area contributed by atoms with Gasteiger partial charge in [0.05, 0.1) is 19.0 Å². The van der Waals surface area contributed by atoms with Crippen LogP contribution in [0.15, 0.2) is 23.5 Å². The molecule has 3 nitrogen and oxygen atoms in total. The van der Waals surface area contributed by atoms with Crippen LogP contribution in [0.1, 0.15) is 52.4 Å². The van der Waals surface area contributed by atoms with Crippen LogP contribution in [0.2, 0.25) is 0 Å². The monoisotopic (exact) mass is 316 g/mol. The van der Waals surface area contributed by atoms with Gasteiger partial charge in [0.1, 0.15) is 5.78 Å². The molecule has 0 aromatic rings. The molecule has 0 aliphatic heterocycles. The Labute approximate surface area is 138 Å². The molecule has 0 bridgehead atoms. The van der Waals surface area contributed by atoms with Crippen LogP contribution in [0.4, 0.5) is 0 Å². The SMILES string of the molecule is COC1=CC2=CC[C@@H]3[C@H]([C@@H](O)C[C@]4(C)C(=O)CC[C@@H]34)[C@@]2(C)CC1. The number of Topliss-reactive ketones (excluding diaryl/α,β-unsaturated/α-hetero) is 1. The molecule has 23 heavy (non-hydrogen) atoms. The Morgan fingerprint density at radius 1 is 1.26 bits per heavy atom. The maximum Gasteiger partial charge on any atom is 0.139 e. The van der Waals surface area contributed by atoms with Gasteiger partial charge in [0.15, 0.2) is 0 Å². The van der Waals surface area contributed by atoms with E-state index in [0.29, 0.717) is 30.5 Å². The van der Waals surface area contributed by atoms with Crippen molar-refractivity contribution in [2.45, 2.75) is 58.5 Å². The van der Waals surface area contributed by atoms with Crippen LogP contribution >= 0.6 is 0 Å². The van der Waals surface area contributed by atoms with E-state index in [-0.39, 0.29) is 22.9 Å². The third-order valence-electron chi connectivity index (χ3n) is 7.64. The van der Waals surface area contributed by atoms with Crippen LogP contribution < -0.4 is 0 Å². The predicted molar refractivity (Wildman–Crippen MR) is 88.6 cm³/mol. The van der Waals surface area contributed by atoms with E-state index < -0.39 is 0 Å². The van der Waals surface area contributed by atoms with Gasteiger partial charge in [-0.05, 0) is 60.5 Å². The van der Waals surface area contributed by atoms with Gasteiger partial charge in [0.2, 0.25) is 0 Å². The first-order valence-electron chi connectivity index (χ1n) is 9.07. The molecule has 2 fully saturated rings. The number of fused-ring (bicyclic) bond motifs is 5. The first-order chi connectivity index (χ1) is 10.9. The lowest BCUT2D eigenvalue weighted by Crippen LogP contribution is -2.55. The number of methoxy groups -OCH3 is 1. The average molecular weight is 316 g/mol. The number of carbonyl (C=O) groups excluding carboxylic acids is 1. The molecule has 0 heterocycles. The molecule has 0 radical (unpaired) electrons. The molecule has 0 amide bonds. The van der Waals surface area contributed by atoms with E-state index in [1.165, 1.54) is 5.57 Å². The molecule has 0 spiro atoms. The van der Waals surface area contributed by atoms with E-state index in [4.69, 9.17) is 4.74 Å². The van der Waals surface area contributed by atoms with Crippen molar-refractivity contribution in [3.05, 3.63) is 23.5 Å². The van der Waals surface area contributed by atoms with Gasteiger partial charge in [-0.3, -0.25) is 4.79 Å². The first kappa shape index (κ1) is 15.4. The van der Waals surface area contributed by atoms with Crippen molar-refractivity contribution in [3.63, 3.8) is 0 Å². The lowest BCUT2D eigenvalue weighted by atomic mass is 9.48. The summed E-state index contributed by atoms with van der Waals surface area (Å²) in [4.78, 5) is 12.4. The Bertz CT molecular complexity index is 604. The zero-order valence-electron chi connectivity index (χ0n) is 14.5. The van der Waals surface area contributed by atoms with Crippen LogP contribution in [0.3, 0.4) is 0 Å². The standard InChI is InChI=1S/C20H28O3/c1-19-9-8-13(23-3)10-12(19)4-5-14-15-6-7-17(22)20(15,2)11-16(21)18(14)19/h4,10,14-16,18,21H,5-9,11H2,1-3H3/t14-,15-,16-,18+,19-,20-/m0/s1. The zero-order chi connectivity index (χ0) is 16.4. The summed E-state index contributed by atoms with van der Waals surface area (Å²) < 4.78 is 5.46. The van der Waals surface area contributed by atoms with E-state index in [1.807, 2.05) is 0 Å². The predicted octanol–water partition coefficient (Wildman–Crippen LogP) is 3.63. The van der Waals surface area contributed by atoms with Crippen molar-refractivity contribution in [3.8, 4) is 0 Å². The van der Waals surface area contributed by atoms with Crippen molar-refractivity contribution in [2.75, 3.05) is 7.11 Å². The number of hydrogen-bond acceptors (Lipinski definition) is 3. The number of ketones is 1. The fraction of sp³-hybridized carbons (Fsp3) is 0.750. The molecule has 126 valence electrons. The molecule has 3 heteroatoms. The van der Waals surface area contributed by atoms with Gasteiger partial charge < -0.3 is 9.84 Å². The summed E-state index contributed by atoms with van der Waals surface area (Å²) in [6.45, 7) is 4.43. The molecule has 6 atom stereocenters. The fourth-order valence-electron chi connectivity index (χ4n) is 6.37. The molecule has 0 aromatic heterocycles. The molecule has 1 N–H and O–H groups in total. The molecule has 0 aromatic carbocycles. The number of aliphatic hydroxyl groups excluding tert-OH is 1. The summed E-state index contributed by atoms with van der Waals surface area (Å²) >= 11 is 0. The van der Waals surface area contributed by atoms with Crippen LogP contribution in [0, 0.1) is 28.6 Å². The molecular weight excluding hydrogens is 288 g/mol. The van der Waals surface area contributed by atoms with E-state index >= 15 is 0 Å². The number of rotatable bonds is 1. The second kappa shape index (κ2) is 4.95.